The second-order valence-electron chi connectivity index (χ2n) is 3.87. The predicted octanol–water partition coefficient (Wildman–Crippen LogP) is 2.96. The van der Waals surface area contributed by atoms with Crippen LogP contribution < -0.4 is 10.5 Å². The summed E-state index contributed by atoms with van der Waals surface area (Å²) in [4.78, 5) is 0.699. The molecular weight excluding hydrogens is 234 g/mol. The van der Waals surface area contributed by atoms with Crippen LogP contribution in [0.15, 0.2) is 23.1 Å². The molecule has 0 radical (unpaired) electrons. The largest absolute Gasteiger partial charge is 0.494 e. The molecule has 96 valence electrons. The number of ether oxygens (including phenoxy) is 1. The highest BCUT2D eigenvalue weighted by atomic mass is 32.2. The fourth-order valence-corrected chi connectivity index (χ4v) is 3.21. The van der Waals surface area contributed by atoms with Crippen LogP contribution in [-0.2, 0) is 10.8 Å². The Hall–Kier alpha value is -1.03. The molecule has 3 nitrogen and oxygen atoms in total. The molecule has 17 heavy (non-hydrogen) atoms. The number of nitrogens with two attached hydrogens (primary N) is 1. The van der Waals surface area contributed by atoms with E-state index in [1.807, 2.05) is 13.0 Å². The first-order chi connectivity index (χ1) is 8.13. The van der Waals surface area contributed by atoms with Crippen molar-refractivity contribution in [2.24, 2.45) is 0 Å². The van der Waals surface area contributed by atoms with Crippen molar-refractivity contribution in [1.29, 1.82) is 0 Å². The lowest BCUT2D eigenvalue weighted by Crippen LogP contribution is -2.14. The number of hydrogen-bond donors (Lipinski definition) is 1. The Morgan fingerprint density at radius 2 is 1.94 bits per heavy atom. The van der Waals surface area contributed by atoms with E-state index in [1.54, 1.807) is 12.1 Å². The average molecular weight is 255 g/mol. The zero-order valence-electron chi connectivity index (χ0n) is 10.7. The fourth-order valence-electron chi connectivity index (χ4n) is 1.72. The highest BCUT2D eigenvalue weighted by Gasteiger charge is 2.17. The third-order valence-electron chi connectivity index (χ3n) is 2.73. The smallest absolute Gasteiger partial charge is 0.120 e. The summed E-state index contributed by atoms with van der Waals surface area (Å²) in [5, 5.41) is 0.161. The first-order valence-electron chi connectivity index (χ1n) is 6.06. The molecule has 1 aromatic carbocycles. The summed E-state index contributed by atoms with van der Waals surface area (Å²) in [5.74, 6) is 0.732. The first-order valence-corrected chi connectivity index (χ1v) is 7.28. The van der Waals surface area contributed by atoms with Gasteiger partial charge in [-0.3, -0.25) is 4.21 Å². The van der Waals surface area contributed by atoms with Crippen molar-refractivity contribution in [3.8, 4) is 5.75 Å². The Balaban J connectivity index is 3.02. The summed E-state index contributed by atoms with van der Waals surface area (Å²) < 4.78 is 17.8. The minimum absolute atomic E-state index is 0.161. The molecule has 0 saturated carbocycles. The Bertz CT molecular complexity index is 389. The number of hydrogen-bond acceptors (Lipinski definition) is 3. The monoisotopic (exact) mass is 255 g/mol. The minimum atomic E-state index is -1.05. The topological polar surface area (TPSA) is 52.3 Å². The van der Waals surface area contributed by atoms with Crippen molar-refractivity contribution in [2.75, 3.05) is 12.3 Å². The minimum Gasteiger partial charge on any atom is -0.494 e. The summed E-state index contributed by atoms with van der Waals surface area (Å²) in [6.45, 7) is 6.62. The second-order valence-corrected chi connectivity index (χ2v) is 5.57. The molecule has 0 amide bonds. The Labute approximate surface area is 106 Å². The molecule has 1 aromatic rings. The fraction of sp³-hybridized carbons (Fsp3) is 0.538. The van der Waals surface area contributed by atoms with E-state index in [1.165, 1.54) is 0 Å². The molecule has 0 fully saturated rings. The highest BCUT2D eigenvalue weighted by molar-refractivity contribution is 7.85. The molecule has 2 N–H and O–H groups in total. The van der Waals surface area contributed by atoms with Crippen LogP contribution in [0, 0.1) is 0 Å². The third kappa shape index (κ3) is 3.46. The van der Waals surface area contributed by atoms with Crippen molar-refractivity contribution >= 4 is 16.5 Å². The van der Waals surface area contributed by atoms with Crippen LogP contribution in [0.1, 0.15) is 33.6 Å². The average Bonchev–Trinajstić information content (AvgIpc) is 2.33. The maximum Gasteiger partial charge on any atom is 0.120 e. The van der Waals surface area contributed by atoms with Gasteiger partial charge >= 0.3 is 0 Å². The van der Waals surface area contributed by atoms with Gasteiger partial charge in [-0.25, -0.2) is 0 Å². The van der Waals surface area contributed by atoms with Crippen LogP contribution in [0.25, 0.3) is 0 Å². The lowest BCUT2D eigenvalue weighted by Gasteiger charge is -2.15. The summed E-state index contributed by atoms with van der Waals surface area (Å²) in [7, 11) is -1.05. The van der Waals surface area contributed by atoms with Gasteiger partial charge in [0.25, 0.3) is 0 Å². The third-order valence-corrected chi connectivity index (χ3v) is 4.79. The SMILES string of the molecule is CCOc1ccc(N)c(S(=O)C(CC)CC)c1. The van der Waals surface area contributed by atoms with Crippen molar-refractivity contribution in [2.45, 2.75) is 43.8 Å². The maximum atomic E-state index is 12.4. The van der Waals surface area contributed by atoms with E-state index in [4.69, 9.17) is 10.5 Å². The van der Waals surface area contributed by atoms with E-state index >= 15 is 0 Å². The molecule has 0 spiro atoms. The standard InChI is InChI=1S/C13H21NO2S/c1-4-11(5-2)17(15)13-9-10(16-6-3)7-8-12(13)14/h7-9,11H,4-6,14H2,1-3H3. The Morgan fingerprint density at radius 1 is 1.29 bits per heavy atom. The van der Waals surface area contributed by atoms with E-state index in [0.29, 0.717) is 17.2 Å². The zero-order chi connectivity index (χ0) is 12.8. The van der Waals surface area contributed by atoms with E-state index in [-0.39, 0.29) is 5.25 Å². The van der Waals surface area contributed by atoms with Gasteiger partial charge in [0.2, 0.25) is 0 Å². The molecule has 1 atom stereocenters. The molecular formula is C13H21NO2S. The van der Waals surface area contributed by atoms with Gasteiger partial charge in [0.1, 0.15) is 5.75 Å². The lowest BCUT2D eigenvalue weighted by atomic mass is 10.3. The van der Waals surface area contributed by atoms with Gasteiger partial charge in [-0.05, 0) is 38.0 Å². The Morgan fingerprint density at radius 3 is 2.47 bits per heavy atom. The molecule has 0 aliphatic heterocycles. The quantitative estimate of drug-likeness (QED) is 0.795. The van der Waals surface area contributed by atoms with Crippen molar-refractivity contribution in [1.82, 2.24) is 0 Å². The van der Waals surface area contributed by atoms with Crippen molar-refractivity contribution in [3.63, 3.8) is 0 Å². The van der Waals surface area contributed by atoms with Gasteiger partial charge in [0.05, 0.1) is 22.3 Å². The van der Waals surface area contributed by atoms with Gasteiger partial charge in [-0.1, -0.05) is 13.8 Å². The molecule has 0 saturated heterocycles. The molecule has 1 unspecified atom stereocenters. The first kappa shape index (κ1) is 14.0. The van der Waals surface area contributed by atoms with E-state index < -0.39 is 10.8 Å². The van der Waals surface area contributed by atoms with Crippen LogP contribution >= 0.6 is 0 Å². The number of rotatable bonds is 6. The molecule has 0 aliphatic carbocycles. The number of anilines is 1. The van der Waals surface area contributed by atoms with E-state index in [2.05, 4.69) is 13.8 Å². The van der Waals surface area contributed by atoms with Gasteiger partial charge in [0.15, 0.2) is 0 Å². The second kappa shape index (κ2) is 6.64. The normalized spacial score (nSPS) is 12.7. The van der Waals surface area contributed by atoms with Gasteiger partial charge in [0, 0.05) is 10.9 Å². The number of benzene rings is 1. The lowest BCUT2D eigenvalue weighted by molar-refractivity contribution is 0.339. The van der Waals surface area contributed by atoms with Crippen LogP contribution in [0.5, 0.6) is 5.75 Å². The summed E-state index contributed by atoms with van der Waals surface area (Å²) in [6.07, 6.45) is 1.78. The molecule has 1 rings (SSSR count). The molecule has 0 aliphatic rings. The van der Waals surface area contributed by atoms with Gasteiger partial charge in [-0.2, -0.15) is 0 Å². The predicted molar refractivity (Wildman–Crippen MR) is 72.8 cm³/mol. The van der Waals surface area contributed by atoms with Gasteiger partial charge in [-0.15, -0.1) is 0 Å². The number of nitrogen functional groups attached to an aromatic ring is 1. The zero-order valence-corrected chi connectivity index (χ0v) is 11.5. The maximum absolute atomic E-state index is 12.4. The molecule has 0 bridgehead atoms. The summed E-state index contributed by atoms with van der Waals surface area (Å²) in [5.41, 5.74) is 6.47. The molecule has 0 aromatic heterocycles. The molecule has 4 heteroatoms. The Kier molecular flexibility index (Phi) is 5.48. The van der Waals surface area contributed by atoms with Crippen molar-refractivity contribution in [3.05, 3.63) is 18.2 Å². The highest BCUT2D eigenvalue weighted by Crippen LogP contribution is 2.26. The van der Waals surface area contributed by atoms with Crippen LogP contribution in [-0.4, -0.2) is 16.1 Å². The van der Waals surface area contributed by atoms with E-state index in [0.717, 1.165) is 18.6 Å². The summed E-state index contributed by atoms with van der Waals surface area (Å²) in [6, 6.07) is 5.38. The summed E-state index contributed by atoms with van der Waals surface area (Å²) >= 11 is 0. The van der Waals surface area contributed by atoms with E-state index in [9.17, 15) is 4.21 Å². The molecule has 0 heterocycles. The van der Waals surface area contributed by atoms with Crippen LogP contribution in [0.2, 0.25) is 0 Å². The van der Waals surface area contributed by atoms with Crippen LogP contribution in [0.4, 0.5) is 5.69 Å². The van der Waals surface area contributed by atoms with Crippen molar-refractivity contribution < 1.29 is 8.95 Å². The van der Waals surface area contributed by atoms with Crippen LogP contribution in [0.3, 0.4) is 0 Å². The van der Waals surface area contributed by atoms with Gasteiger partial charge < -0.3 is 10.5 Å².